The molecule has 0 fully saturated rings. The van der Waals surface area contributed by atoms with Crippen LogP contribution in [0.3, 0.4) is 0 Å². The lowest BCUT2D eigenvalue weighted by Crippen LogP contribution is -2.04. The van der Waals surface area contributed by atoms with Crippen LogP contribution in [0.15, 0.2) is 42.5 Å². The van der Waals surface area contributed by atoms with Gasteiger partial charge in [-0.1, -0.05) is 12.1 Å². The number of hydrogen-bond donors (Lipinski definition) is 1. The molecule has 2 aromatic carbocycles. The van der Waals surface area contributed by atoms with Crippen molar-refractivity contribution in [2.45, 2.75) is 6.42 Å². The Morgan fingerprint density at radius 2 is 1.95 bits per heavy atom. The van der Waals surface area contributed by atoms with Gasteiger partial charge < -0.3 is 5.73 Å². The molecule has 3 aromatic rings. The van der Waals surface area contributed by atoms with E-state index in [4.69, 9.17) is 16.3 Å². The van der Waals surface area contributed by atoms with Crippen molar-refractivity contribution in [1.29, 1.82) is 10.5 Å². The number of imidazole rings is 1. The Balaban J connectivity index is 2.36. The molecule has 3 rings (SSSR count). The van der Waals surface area contributed by atoms with Gasteiger partial charge in [-0.05, 0) is 30.3 Å². The Morgan fingerprint density at radius 1 is 1.14 bits per heavy atom. The molecule has 0 saturated carbocycles. The molecule has 100 valence electrons. The molecule has 0 aliphatic heterocycles. The van der Waals surface area contributed by atoms with Crippen LogP contribution in [0, 0.1) is 22.7 Å². The molecule has 0 aliphatic rings. The van der Waals surface area contributed by atoms with Gasteiger partial charge in [-0.25, -0.2) is 4.98 Å². The summed E-state index contributed by atoms with van der Waals surface area (Å²) in [6, 6.07) is 16.9. The maximum absolute atomic E-state index is 9.07. The molecule has 2 N–H and O–H groups in total. The van der Waals surface area contributed by atoms with E-state index in [1.54, 1.807) is 18.2 Å². The molecule has 5 heteroatoms. The summed E-state index contributed by atoms with van der Waals surface area (Å²) in [7, 11) is 0. The molecule has 1 aromatic heterocycles. The van der Waals surface area contributed by atoms with E-state index in [9.17, 15) is 0 Å². The van der Waals surface area contributed by atoms with Gasteiger partial charge in [0, 0.05) is 0 Å². The summed E-state index contributed by atoms with van der Waals surface area (Å²) in [6.45, 7) is 0. The summed E-state index contributed by atoms with van der Waals surface area (Å²) in [4.78, 5) is 4.48. The van der Waals surface area contributed by atoms with Crippen LogP contribution in [0.2, 0.25) is 0 Å². The Bertz CT molecular complexity index is 909. The van der Waals surface area contributed by atoms with Gasteiger partial charge in [-0.3, -0.25) is 4.57 Å². The van der Waals surface area contributed by atoms with Crippen molar-refractivity contribution in [3.8, 4) is 17.8 Å². The van der Waals surface area contributed by atoms with E-state index in [0.717, 1.165) is 11.0 Å². The van der Waals surface area contributed by atoms with Crippen molar-refractivity contribution in [1.82, 2.24) is 9.55 Å². The minimum Gasteiger partial charge on any atom is -0.397 e. The van der Waals surface area contributed by atoms with E-state index >= 15 is 0 Å². The number of nitrogen functional groups attached to an aromatic ring is 1. The maximum atomic E-state index is 9.07. The molecule has 0 spiro atoms. The largest absolute Gasteiger partial charge is 0.397 e. The third-order valence-electron chi connectivity index (χ3n) is 3.27. The third kappa shape index (κ3) is 2.07. The molecule has 0 saturated heterocycles. The van der Waals surface area contributed by atoms with Gasteiger partial charge in [0.25, 0.3) is 0 Å². The van der Waals surface area contributed by atoms with Gasteiger partial charge in [-0.15, -0.1) is 0 Å². The predicted octanol–water partition coefficient (Wildman–Crippen LogP) is 2.55. The zero-order valence-electron chi connectivity index (χ0n) is 11.1. The summed E-state index contributed by atoms with van der Waals surface area (Å²) < 4.78 is 1.84. The highest BCUT2D eigenvalue weighted by molar-refractivity contribution is 5.80. The van der Waals surface area contributed by atoms with Gasteiger partial charge >= 0.3 is 0 Å². The molecule has 0 radical (unpaired) electrons. The van der Waals surface area contributed by atoms with E-state index in [2.05, 4.69) is 17.1 Å². The Morgan fingerprint density at radius 3 is 2.71 bits per heavy atom. The number of para-hydroxylation sites is 2. The Labute approximate surface area is 121 Å². The number of aromatic nitrogens is 2. The van der Waals surface area contributed by atoms with E-state index < -0.39 is 0 Å². The summed E-state index contributed by atoms with van der Waals surface area (Å²) in [5.74, 6) is 0.612. The number of nitrogens with two attached hydrogens (primary N) is 1. The van der Waals surface area contributed by atoms with Crippen molar-refractivity contribution in [2.24, 2.45) is 0 Å². The van der Waals surface area contributed by atoms with Crippen LogP contribution in [-0.2, 0) is 6.42 Å². The molecule has 0 aliphatic carbocycles. The van der Waals surface area contributed by atoms with Crippen LogP contribution in [0.1, 0.15) is 11.4 Å². The van der Waals surface area contributed by atoms with Crippen LogP contribution in [0.25, 0.3) is 16.7 Å². The highest BCUT2D eigenvalue weighted by atomic mass is 15.1. The second-order valence-corrected chi connectivity index (χ2v) is 4.57. The molecule has 21 heavy (non-hydrogen) atoms. The van der Waals surface area contributed by atoms with Crippen LogP contribution < -0.4 is 5.73 Å². The van der Waals surface area contributed by atoms with Crippen LogP contribution in [-0.4, -0.2) is 9.55 Å². The summed E-state index contributed by atoms with van der Waals surface area (Å²) >= 11 is 0. The smallest absolute Gasteiger partial charge is 0.128 e. The molecule has 5 nitrogen and oxygen atoms in total. The summed E-state index contributed by atoms with van der Waals surface area (Å²) in [6.07, 6.45) is 0.172. The maximum Gasteiger partial charge on any atom is 0.128 e. The standard InChI is InChI=1S/C16H11N5/c17-8-7-16-20-13-3-1-2-4-14(13)21(16)15-9-11(10-18)5-6-12(15)19/h1-6,9H,7,19H2. The average Bonchev–Trinajstić information content (AvgIpc) is 2.86. The summed E-state index contributed by atoms with van der Waals surface area (Å²) in [5, 5.41) is 18.1. The van der Waals surface area contributed by atoms with Gasteiger partial charge in [0.1, 0.15) is 5.82 Å². The van der Waals surface area contributed by atoms with E-state index in [0.29, 0.717) is 22.8 Å². The molecule has 0 atom stereocenters. The zero-order valence-corrected chi connectivity index (χ0v) is 11.1. The highest BCUT2D eigenvalue weighted by Gasteiger charge is 2.14. The second kappa shape index (κ2) is 4.99. The van der Waals surface area contributed by atoms with Crippen LogP contribution in [0.4, 0.5) is 5.69 Å². The monoisotopic (exact) mass is 273 g/mol. The lowest BCUT2D eigenvalue weighted by atomic mass is 10.1. The first-order valence-electron chi connectivity index (χ1n) is 6.38. The molecular formula is C16H11N5. The van der Waals surface area contributed by atoms with Gasteiger partial charge in [0.2, 0.25) is 0 Å². The zero-order chi connectivity index (χ0) is 14.8. The molecular weight excluding hydrogens is 262 g/mol. The SMILES string of the molecule is N#CCc1nc2ccccc2n1-c1cc(C#N)ccc1N. The van der Waals surface area contributed by atoms with Crippen LogP contribution in [0.5, 0.6) is 0 Å². The van der Waals surface area contributed by atoms with Gasteiger partial charge in [-0.2, -0.15) is 10.5 Å². The number of nitriles is 2. The Hall–Kier alpha value is -3.31. The molecule has 1 heterocycles. The predicted molar refractivity (Wildman–Crippen MR) is 79.5 cm³/mol. The first kappa shape index (κ1) is 12.7. The number of hydrogen-bond acceptors (Lipinski definition) is 4. The van der Waals surface area contributed by atoms with E-state index in [1.807, 2.05) is 28.8 Å². The first-order chi connectivity index (χ1) is 10.2. The molecule has 0 amide bonds. The minimum atomic E-state index is 0.172. The highest BCUT2D eigenvalue weighted by Crippen LogP contribution is 2.26. The lowest BCUT2D eigenvalue weighted by Gasteiger charge is -2.11. The third-order valence-corrected chi connectivity index (χ3v) is 3.27. The molecule has 0 bridgehead atoms. The number of nitrogens with zero attached hydrogens (tertiary/aromatic N) is 4. The van der Waals surface area contributed by atoms with Crippen molar-refractivity contribution < 1.29 is 0 Å². The second-order valence-electron chi connectivity index (χ2n) is 4.57. The molecule has 0 unspecified atom stereocenters. The van der Waals surface area contributed by atoms with Gasteiger partial charge in [0.05, 0.1) is 46.5 Å². The fourth-order valence-electron chi connectivity index (χ4n) is 2.34. The summed E-state index contributed by atoms with van der Waals surface area (Å²) in [5.41, 5.74) is 9.44. The van der Waals surface area contributed by atoms with Crippen molar-refractivity contribution >= 4 is 16.7 Å². The normalized spacial score (nSPS) is 10.2. The van der Waals surface area contributed by atoms with E-state index in [-0.39, 0.29) is 6.42 Å². The van der Waals surface area contributed by atoms with Crippen molar-refractivity contribution in [2.75, 3.05) is 5.73 Å². The number of benzene rings is 2. The Kier molecular flexibility index (Phi) is 3.02. The topological polar surface area (TPSA) is 91.4 Å². The average molecular weight is 273 g/mol. The van der Waals surface area contributed by atoms with E-state index in [1.165, 1.54) is 0 Å². The van der Waals surface area contributed by atoms with Crippen molar-refractivity contribution in [3.05, 3.63) is 53.9 Å². The number of rotatable bonds is 2. The fraction of sp³-hybridized carbons (Fsp3) is 0.0625. The van der Waals surface area contributed by atoms with Crippen LogP contribution >= 0.6 is 0 Å². The lowest BCUT2D eigenvalue weighted by molar-refractivity contribution is 0.956. The number of anilines is 1. The quantitative estimate of drug-likeness (QED) is 0.726. The van der Waals surface area contributed by atoms with Gasteiger partial charge in [0.15, 0.2) is 0 Å². The number of fused-ring (bicyclic) bond motifs is 1. The fourth-order valence-corrected chi connectivity index (χ4v) is 2.34. The van der Waals surface area contributed by atoms with Crippen molar-refractivity contribution in [3.63, 3.8) is 0 Å². The minimum absolute atomic E-state index is 0.172. The first-order valence-corrected chi connectivity index (χ1v) is 6.38.